The summed E-state index contributed by atoms with van der Waals surface area (Å²) < 4.78 is 0. The van der Waals surface area contributed by atoms with Crippen molar-refractivity contribution in [1.82, 2.24) is 15.2 Å². The van der Waals surface area contributed by atoms with Crippen molar-refractivity contribution >= 4 is 22.9 Å². The number of hydrazone groups is 1. The molecule has 0 bridgehead atoms. The van der Waals surface area contributed by atoms with Crippen LogP contribution in [-0.4, -0.2) is 61.7 Å². The molecule has 1 N–H and O–H groups in total. The van der Waals surface area contributed by atoms with Gasteiger partial charge in [-0.25, -0.2) is 5.43 Å². The lowest BCUT2D eigenvalue weighted by molar-refractivity contribution is -0.122. The van der Waals surface area contributed by atoms with E-state index in [-0.39, 0.29) is 5.91 Å². The maximum Gasteiger partial charge on any atom is 0.254 e. The van der Waals surface area contributed by atoms with Crippen LogP contribution in [0.4, 0.5) is 0 Å². The molecule has 0 saturated carbocycles. The number of fused-ring (bicyclic) bond motifs is 1. The van der Waals surface area contributed by atoms with Crippen molar-refractivity contribution in [2.75, 3.05) is 39.8 Å². The number of hydrogen-bond acceptors (Lipinski definition) is 4. The van der Waals surface area contributed by atoms with Crippen molar-refractivity contribution < 1.29 is 4.79 Å². The molecule has 2 aromatic rings. The molecule has 1 aliphatic heterocycles. The number of benzene rings is 2. The minimum atomic E-state index is -0.0639. The Morgan fingerprint density at radius 2 is 1.87 bits per heavy atom. The Morgan fingerprint density at radius 1 is 1.13 bits per heavy atom. The Kier molecular flexibility index (Phi) is 5.00. The van der Waals surface area contributed by atoms with Gasteiger partial charge in [-0.1, -0.05) is 42.5 Å². The Bertz CT molecular complexity index is 700. The van der Waals surface area contributed by atoms with Crippen LogP contribution in [0, 0.1) is 0 Å². The predicted octanol–water partition coefficient (Wildman–Crippen LogP) is 1.54. The largest absolute Gasteiger partial charge is 0.304 e. The molecule has 5 heteroatoms. The van der Waals surface area contributed by atoms with Crippen LogP contribution < -0.4 is 5.43 Å². The van der Waals surface area contributed by atoms with E-state index in [9.17, 15) is 4.79 Å². The highest BCUT2D eigenvalue weighted by Gasteiger charge is 2.15. The van der Waals surface area contributed by atoms with Crippen LogP contribution in [0.15, 0.2) is 47.6 Å². The summed E-state index contributed by atoms with van der Waals surface area (Å²) >= 11 is 0. The zero-order valence-electron chi connectivity index (χ0n) is 13.4. The molecular formula is C18H22N4O. The zero-order chi connectivity index (χ0) is 16.1. The molecule has 0 aliphatic carbocycles. The first kappa shape index (κ1) is 15.6. The summed E-state index contributed by atoms with van der Waals surface area (Å²) in [6, 6.07) is 14.2. The molecule has 0 radical (unpaired) electrons. The summed E-state index contributed by atoms with van der Waals surface area (Å²) in [4.78, 5) is 16.4. The van der Waals surface area contributed by atoms with E-state index in [2.05, 4.69) is 45.6 Å². The monoisotopic (exact) mass is 310 g/mol. The Morgan fingerprint density at radius 3 is 2.70 bits per heavy atom. The molecule has 0 aromatic heterocycles. The van der Waals surface area contributed by atoms with Crippen LogP contribution >= 0.6 is 0 Å². The van der Waals surface area contributed by atoms with E-state index < -0.39 is 0 Å². The van der Waals surface area contributed by atoms with Gasteiger partial charge < -0.3 is 4.90 Å². The molecule has 0 unspecified atom stereocenters. The molecule has 1 amide bonds. The summed E-state index contributed by atoms with van der Waals surface area (Å²) in [5, 5.41) is 6.41. The lowest BCUT2D eigenvalue weighted by atomic mass is 10.1. The van der Waals surface area contributed by atoms with Gasteiger partial charge in [-0.05, 0) is 17.8 Å². The van der Waals surface area contributed by atoms with E-state index in [1.54, 1.807) is 6.21 Å². The lowest BCUT2D eigenvalue weighted by Gasteiger charge is -2.31. The van der Waals surface area contributed by atoms with E-state index in [0.717, 1.165) is 37.1 Å². The van der Waals surface area contributed by atoms with Crippen LogP contribution in [0.2, 0.25) is 0 Å². The van der Waals surface area contributed by atoms with Crippen LogP contribution in [0.3, 0.4) is 0 Å². The summed E-state index contributed by atoms with van der Waals surface area (Å²) in [6.07, 6.45) is 1.71. The van der Waals surface area contributed by atoms with Crippen molar-refractivity contribution in [2.45, 2.75) is 0 Å². The number of nitrogens with zero attached hydrogens (tertiary/aromatic N) is 3. The van der Waals surface area contributed by atoms with Gasteiger partial charge in [-0.15, -0.1) is 0 Å². The predicted molar refractivity (Wildman–Crippen MR) is 93.6 cm³/mol. The first-order valence-electron chi connectivity index (χ1n) is 7.93. The standard InChI is InChI=1S/C18H22N4O/c1-21-9-11-22(12-10-21)14-18(23)20-19-13-16-7-4-6-15-5-2-3-8-17(15)16/h2-8,13H,9-12,14H2,1H3,(H,20,23)/b19-13-. The number of amides is 1. The molecular weight excluding hydrogens is 288 g/mol. The third-order valence-corrected chi connectivity index (χ3v) is 4.18. The Hall–Kier alpha value is -2.24. The average Bonchev–Trinajstić information content (AvgIpc) is 2.57. The molecule has 1 heterocycles. The second-order valence-electron chi connectivity index (χ2n) is 5.94. The van der Waals surface area contributed by atoms with Crippen LogP contribution in [0.25, 0.3) is 10.8 Å². The van der Waals surface area contributed by atoms with Crippen molar-refractivity contribution in [1.29, 1.82) is 0 Å². The first-order valence-corrected chi connectivity index (χ1v) is 7.93. The van der Waals surface area contributed by atoms with Crippen LogP contribution in [-0.2, 0) is 4.79 Å². The zero-order valence-corrected chi connectivity index (χ0v) is 13.4. The van der Waals surface area contributed by atoms with Gasteiger partial charge in [0, 0.05) is 31.7 Å². The number of carbonyl (C=O) groups is 1. The van der Waals surface area contributed by atoms with E-state index in [4.69, 9.17) is 0 Å². The first-order chi connectivity index (χ1) is 11.2. The summed E-state index contributed by atoms with van der Waals surface area (Å²) in [5.74, 6) is -0.0639. The van der Waals surface area contributed by atoms with Crippen molar-refractivity contribution in [2.24, 2.45) is 5.10 Å². The normalized spacial score (nSPS) is 16.9. The van der Waals surface area contributed by atoms with Crippen molar-refractivity contribution in [3.05, 3.63) is 48.0 Å². The topological polar surface area (TPSA) is 47.9 Å². The van der Waals surface area contributed by atoms with Gasteiger partial charge in [0.25, 0.3) is 5.91 Å². The highest BCUT2D eigenvalue weighted by atomic mass is 16.2. The fourth-order valence-electron chi connectivity index (χ4n) is 2.78. The van der Waals surface area contributed by atoms with Gasteiger partial charge in [0.05, 0.1) is 12.8 Å². The molecule has 0 spiro atoms. The van der Waals surface area contributed by atoms with Gasteiger partial charge in [-0.2, -0.15) is 5.10 Å². The highest BCUT2D eigenvalue weighted by molar-refractivity contribution is 5.99. The van der Waals surface area contributed by atoms with E-state index >= 15 is 0 Å². The quantitative estimate of drug-likeness (QED) is 0.688. The van der Waals surface area contributed by atoms with Crippen LogP contribution in [0.1, 0.15) is 5.56 Å². The third kappa shape index (κ3) is 4.15. The number of carbonyl (C=O) groups excluding carboxylic acids is 1. The van der Waals surface area contributed by atoms with Crippen LogP contribution in [0.5, 0.6) is 0 Å². The second kappa shape index (κ2) is 7.35. The number of likely N-dealkylation sites (N-methyl/N-ethyl adjacent to an activating group) is 1. The number of piperazine rings is 1. The molecule has 3 rings (SSSR count). The van der Waals surface area contributed by atoms with Gasteiger partial charge in [0.15, 0.2) is 0 Å². The smallest absolute Gasteiger partial charge is 0.254 e. The third-order valence-electron chi connectivity index (χ3n) is 4.18. The van der Waals surface area contributed by atoms with Crippen molar-refractivity contribution in [3.63, 3.8) is 0 Å². The molecule has 23 heavy (non-hydrogen) atoms. The van der Waals surface area contributed by atoms with E-state index in [0.29, 0.717) is 6.54 Å². The maximum absolute atomic E-state index is 12.0. The second-order valence-corrected chi connectivity index (χ2v) is 5.94. The van der Waals surface area contributed by atoms with Gasteiger partial charge in [0.1, 0.15) is 0 Å². The minimum absolute atomic E-state index is 0.0639. The molecule has 2 aromatic carbocycles. The fourth-order valence-corrected chi connectivity index (χ4v) is 2.78. The summed E-state index contributed by atoms with van der Waals surface area (Å²) in [7, 11) is 2.10. The SMILES string of the molecule is CN1CCN(CC(=O)N/N=C\c2cccc3ccccc23)CC1. The Labute approximate surface area is 136 Å². The number of hydrogen-bond donors (Lipinski definition) is 1. The van der Waals surface area contributed by atoms with Crippen molar-refractivity contribution in [3.8, 4) is 0 Å². The summed E-state index contributed by atoms with van der Waals surface area (Å²) in [5.41, 5.74) is 3.63. The summed E-state index contributed by atoms with van der Waals surface area (Å²) in [6.45, 7) is 4.27. The van der Waals surface area contributed by atoms with Gasteiger partial charge in [0.2, 0.25) is 0 Å². The molecule has 1 fully saturated rings. The lowest BCUT2D eigenvalue weighted by Crippen LogP contribution is -2.47. The van der Waals surface area contributed by atoms with Gasteiger partial charge in [-0.3, -0.25) is 9.69 Å². The molecule has 120 valence electrons. The fraction of sp³-hybridized carbons (Fsp3) is 0.333. The van der Waals surface area contributed by atoms with Gasteiger partial charge >= 0.3 is 0 Å². The maximum atomic E-state index is 12.0. The average molecular weight is 310 g/mol. The highest BCUT2D eigenvalue weighted by Crippen LogP contribution is 2.16. The minimum Gasteiger partial charge on any atom is -0.304 e. The number of rotatable bonds is 4. The molecule has 1 aliphatic rings. The Balaban J connectivity index is 1.56. The van der Waals surface area contributed by atoms with E-state index in [1.165, 1.54) is 5.39 Å². The van der Waals surface area contributed by atoms with E-state index in [1.807, 2.05) is 24.3 Å². The molecule has 0 atom stereocenters. The number of nitrogens with one attached hydrogen (secondary N) is 1. The molecule has 5 nitrogen and oxygen atoms in total. The molecule has 1 saturated heterocycles.